The molecule has 2 aromatic rings. The fourth-order valence-electron chi connectivity index (χ4n) is 3.35. The third-order valence-corrected chi connectivity index (χ3v) is 5.25. The van der Waals surface area contributed by atoms with E-state index in [0.29, 0.717) is 36.1 Å². The minimum Gasteiger partial charge on any atom is -0.486 e. The standard InChI is InChI=1S/C22H24N2O4/c1-13-10-18(13)22(26)24-17-5-3-4-16(11-17)21(25)23-14(2)15-6-7-19-20(12-15)28-9-8-27-19/h3-7,11-14,18H,8-10H2,1-2H3,(H,23,25)(H,24,26). The lowest BCUT2D eigenvalue weighted by molar-refractivity contribution is -0.117. The third-order valence-electron chi connectivity index (χ3n) is 5.25. The lowest BCUT2D eigenvalue weighted by Gasteiger charge is -2.21. The van der Waals surface area contributed by atoms with Gasteiger partial charge in [0.2, 0.25) is 5.91 Å². The summed E-state index contributed by atoms with van der Waals surface area (Å²) in [5.74, 6) is 1.78. The lowest BCUT2D eigenvalue weighted by atomic mass is 10.1. The molecule has 6 nitrogen and oxygen atoms in total. The second kappa shape index (κ2) is 7.54. The number of anilines is 1. The topological polar surface area (TPSA) is 76.7 Å². The predicted octanol–water partition coefficient (Wildman–Crippen LogP) is 3.54. The monoisotopic (exact) mass is 380 g/mol. The van der Waals surface area contributed by atoms with Gasteiger partial charge in [0.05, 0.1) is 6.04 Å². The molecule has 1 aliphatic heterocycles. The Balaban J connectivity index is 1.41. The van der Waals surface area contributed by atoms with Gasteiger partial charge in [-0.1, -0.05) is 19.1 Å². The normalized spacial score (nSPS) is 20.8. The van der Waals surface area contributed by atoms with Gasteiger partial charge in [-0.15, -0.1) is 0 Å². The van der Waals surface area contributed by atoms with Crippen LogP contribution in [0.3, 0.4) is 0 Å². The molecule has 0 radical (unpaired) electrons. The van der Waals surface area contributed by atoms with Gasteiger partial charge in [-0.2, -0.15) is 0 Å². The zero-order chi connectivity index (χ0) is 19.7. The van der Waals surface area contributed by atoms with E-state index in [1.807, 2.05) is 25.1 Å². The van der Waals surface area contributed by atoms with Crippen molar-refractivity contribution in [1.82, 2.24) is 5.32 Å². The average Bonchev–Trinajstić information content (AvgIpc) is 3.44. The Morgan fingerprint density at radius 2 is 1.82 bits per heavy atom. The Morgan fingerprint density at radius 3 is 2.57 bits per heavy atom. The minimum absolute atomic E-state index is 0.0229. The molecule has 2 aromatic carbocycles. The van der Waals surface area contributed by atoms with Crippen LogP contribution >= 0.6 is 0 Å². The first kappa shape index (κ1) is 18.3. The van der Waals surface area contributed by atoms with E-state index in [1.54, 1.807) is 24.3 Å². The summed E-state index contributed by atoms with van der Waals surface area (Å²) in [6, 6.07) is 12.5. The van der Waals surface area contributed by atoms with Gasteiger partial charge in [-0.05, 0) is 55.2 Å². The Hall–Kier alpha value is -3.02. The van der Waals surface area contributed by atoms with Gasteiger partial charge < -0.3 is 20.1 Å². The second-order valence-corrected chi connectivity index (χ2v) is 7.49. The largest absolute Gasteiger partial charge is 0.486 e. The Kier molecular flexibility index (Phi) is 4.94. The van der Waals surface area contributed by atoms with Crippen LogP contribution < -0.4 is 20.1 Å². The number of ether oxygens (including phenoxy) is 2. The van der Waals surface area contributed by atoms with Gasteiger partial charge in [0.25, 0.3) is 5.91 Å². The van der Waals surface area contributed by atoms with Crippen LogP contribution in [0.4, 0.5) is 5.69 Å². The zero-order valence-corrected chi connectivity index (χ0v) is 16.0. The molecule has 146 valence electrons. The number of hydrogen-bond acceptors (Lipinski definition) is 4. The smallest absolute Gasteiger partial charge is 0.251 e. The molecule has 1 heterocycles. The highest BCUT2D eigenvalue weighted by Crippen LogP contribution is 2.38. The van der Waals surface area contributed by atoms with E-state index < -0.39 is 0 Å². The Morgan fingerprint density at radius 1 is 1.07 bits per heavy atom. The van der Waals surface area contributed by atoms with E-state index in [0.717, 1.165) is 17.7 Å². The number of rotatable bonds is 5. The maximum absolute atomic E-state index is 12.7. The Bertz CT molecular complexity index is 911. The van der Waals surface area contributed by atoms with Crippen molar-refractivity contribution in [2.75, 3.05) is 18.5 Å². The van der Waals surface area contributed by atoms with E-state index in [1.165, 1.54) is 0 Å². The van der Waals surface area contributed by atoms with Crippen molar-refractivity contribution < 1.29 is 19.1 Å². The summed E-state index contributed by atoms with van der Waals surface area (Å²) in [7, 11) is 0. The van der Waals surface area contributed by atoms with E-state index in [2.05, 4.69) is 17.6 Å². The Labute approximate surface area is 164 Å². The molecular weight excluding hydrogens is 356 g/mol. The molecule has 1 saturated carbocycles. The molecule has 0 spiro atoms. The summed E-state index contributed by atoms with van der Waals surface area (Å²) in [5.41, 5.74) is 2.08. The van der Waals surface area contributed by atoms with Crippen LogP contribution in [0.1, 0.15) is 42.2 Å². The molecule has 0 saturated heterocycles. The summed E-state index contributed by atoms with van der Waals surface area (Å²) in [5, 5.41) is 5.89. The molecule has 1 fully saturated rings. The number of benzene rings is 2. The highest BCUT2D eigenvalue weighted by Gasteiger charge is 2.39. The summed E-state index contributed by atoms with van der Waals surface area (Å²) in [6.45, 7) is 5.05. The van der Waals surface area contributed by atoms with E-state index >= 15 is 0 Å². The molecule has 0 bridgehead atoms. The molecular formula is C22H24N2O4. The molecule has 3 unspecified atom stereocenters. The van der Waals surface area contributed by atoms with Gasteiger partial charge in [0, 0.05) is 17.2 Å². The van der Waals surface area contributed by atoms with Crippen molar-refractivity contribution in [2.45, 2.75) is 26.3 Å². The van der Waals surface area contributed by atoms with E-state index in [-0.39, 0.29) is 23.8 Å². The molecule has 2 N–H and O–H groups in total. The van der Waals surface area contributed by atoms with Crippen LogP contribution in [0, 0.1) is 11.8 Å². The van der Waals surface area contributed by atoms with Crippen molar-refractivity contribution in [3.05, 3.63) is 53.6 Å². The van der Waals surface area contributed by atoms with Gasteiger partial charge >= 0.3 is 0 Å². The van der Waals surface area contributed by atoms with Crippen LogP contribution in [0.25, 0.3) is 0 Å². The first-order valence-corrected chi connectivity index (χ1v) is 9.62. The van der Waals surface area contributed by atoms with Crippen molar-refractivity contribution in [2.24, 2.45) is 11.8 Å². The number of nitrogens with one attached hydrogen (secondary N) is 2. The number of hydrogen-bond donors (Lipinski definition) is 2. The van der Waals surface area contributed by atoms with Crippen molar-refractivity contribution in [3.8, 4) is 11.5 Å². The van der Waals surface area contributed by atoms with E-state index in [9.17, 15) is 9.59 Å². The van der Waals surface area contributed by atoms with Crippen LogP contribution in [0.5, 0.6) is 11.5 Å². The molecule has 4 rings (SSSR count). The summed E-state index contributed by atoms with van der Waals surface area (Å²) < 4.78 is 11.1. The molecule has 0 aromatic heterocycles. The molecule has 6 heteroatoms. The van der Waals surface area contributed by atoms with Gasteiger partial charge in [-0.3, -0.25) is 9.59 Å². The third kappa shape index (κ3) is 3.96. The SMILES string of the molecule is CC(NC(=O)c1cccc(NC(=O)C2CC2C)c1)c1ccc2c(c1)OCCO2. The zero-order valence-electron chi connectivity index (χ0n) is 16.0. The van der Waals surface area contributed by atoms with Crippen LogP contribution in [-0.2, 0) is 4.79 Å². The van der Waals surface area contributed by atoms with Crippen LogP contribution in [0.2, 0.25) is 0 Å². The lowest BCUT2D eigenvalue weighted by Crippen LogP contribution is -2.27. The number of carbonyl (C=O) groups is 2. The number of fused-ring (bicyclic) bond motifs is 1. The van der Waals surface area contributed by atoms with Crippen molar-refractivity contribution >= 4 is 17.5 Å². The predicted molar refractivity (Wildman–Crippen MR) is 106 cm³/mol. The van der Waals surface area contributed by atoms with Gasteiger partial charge in [-0.25, -0.2) is 0 Å². The van der Waals surface area contributed by atoms with Crippen LogP contribution in [0.15, 0.2) is 42.5 Å². The minimum atomic E-state index is -0.200. The molecule has 1 aliphatic carbocycles. The molecule has 3 atom stereocenters. The first-order valence-electron chi connectivity index (χ1n) is 9.62. The maximum Gasteiger partial charge on any atom is 0.251 e. The summed E-state index contributed by atoms with van der Waals surface area (Å²) in [6.07, 6.45) is 0.930. The summed E-state index contributed by atoms with van der Waals surface area (Å²) in [4.78, 5) is 24.8. The fraction of sp³-hybridized carbons (Fsp3) is 0.364. The van der Waals surface area contributed by atoms with Crippen LogP contribution in [-0.4, -0.2) is 25.0 Å². The highest BCUT2D eigenvalue weighted by molar-refractivity contribution is 5.98. The quantitative estimate of drug-likeness (QED) is 0.832. The molecule has 2 aliphatic rings. The van der Waals surface area contributed by atoms with Gasteiger partial charge in [0.1, 0.15) is 13.2 Å². The van der Waals surface area contributed by atoms with Crippen molar-refractivity contribution in [1.29, 1.82) is 0 Å². The average molecular weight is 380 g/mol. The second-order valence-electron chi connectivity index (χ2n) is 7.49. The number of carbonyl (C=O) groups excluding carboxylic acids is 2. The number of amides is 2. The first-order chi connectivity index (χ1) is 13.5. The molecule has 28 heavy (non-hydrogen) atoms. The molecule has 2 amide bonds. The maximum atomic E-state index is 12.7. The van der Waals surface area contributed by atoms with Crippen molar-refractivity contribution in [3.63, 3.8) is 0 Å². The fourth-order valence-corrected chi connectivity index (χ4v) is 3.35. The van der Waals surface area contributed by atoms with Gasteiger partial charge in [0.15, 0.2) is 11.5 Å². The van der Waals surface area contributed by atoms with E-state index in [4.69, 9.17) is 9.47 Å². The summed E-state index contributed by atoms with van der Waals surface area (Å²) >= 11 is 0. The highest BCUT2D eigenvalue weighted by atomic mass is 16.6.